The summed E-state index contributed by atoms with van der Waals surface area (Å²) in [7, 11) is 0. The Morgan fingerprint density at radius 3 is 2.62 bits per heavy atom. The Kier molecular flexibility index (Phi) is 6.82. The van der Waals surface area contributed by atoms with Crippen LogP contribution in [-0.2, 0) is 9.53 Å². The quantitative estimate of drug-likeness (QED) is 0.539. The molecule has 0 atom stereocenters. The molecule has 2 heterocycles. The number of ether oxygens (including phenoxy) is 1. The smallest absolute Gasteiger partial charge is 0.338 e. The van der Waals surface area contributed by atoms with Crippen molar-refractivity contribution in [2.45, 2.75) is 0 Å². The van der Waals surface area contributed by atoms with Crippen LogP contribution in [0, 0.1) is 0 Å². The Balaban J connectivity index is 1.56. The predicted octanol–water partition coefficient (Wildman–Crippen LogP) is 4.50. The van der Waals surface area contributed by atoms with Gasteiger partial charge in [0.2, 0.25) is 0 Å². The zero-order chi connectivity index (χ0) is 20.8. The fourth-order valence-corrected chi connectivity index (χ4v) is 3.26. The minimum Gasteiger partial charge on any atom is -0.452 e. The van der Waals surface area contributed by atoms with Crippen molar-refractivity contribution in [3.05, 3.63) is 74.5 Å². The fourth-order valence-electron chi connectivity index (χ4n) is 2.21. The molecule has 0 saturated carbocycles. The highest BCUT2D eigenvalue weighted by atomic mass is 35.5. The molecular formula is C19H13Cl2N3O4S. The Morgan fingerprint density at radius 1 is 1.07 bits per heavy atom. The van der Waals surface area contributed by atoms with E-state index in [0.717, 1.165) is 0 Å². The van der Waals surface area contributed by atoms with Gasteiger partial charge >= 0.3 is 5.97 Å². The molecule has 0 radical (unpaired) electrons. The van der Waals surface area contributed by atoms with Gasteiger partial charge in [0.25, 0.3) is 11.8 Å². The van der Waals surface area contributed by atoms with Gasteiger partial charge in [-0.05, 0) is 35.7 Å². The van der Waals surface area contributed by atoms with E-state index < -0.39 is 18.5 Å². The molecule has 0 bridgehead atoms. The van der Waals surface area contributed by atoms with Crippen LogP contribution in [0.15, 0.2) is 54.0 Å². The van der Waals surface area contributed by atoms with E-state index in [9.17, 15) is 14.4 Å². The molecule has 0 unspecified atom stereocenters. The number of carbonyl (C=O) groups excluding carboxylic acids is 3. The number of pyridine rings is 1. The third kappa shape index (κ3) is 5.77. The van der Waals surface area contributed by atoms with Gasteiger partial charge in [0, 0.05) is 11.9 Å². The Labute approximate surface area is 179 Å². The zero-order valence-electron chi connectivity index (χ0n) is 14.6. The van der Waals surface area contributed by atoms with Crippen molar-refractivity contribution < 1.29 is 19.1 Å². The van der Waals surface area contributed by atoms with Crippen LogP contribution in [0.5, 0.6) is 0 Å². The number of nitrogens with zero attached hydrogens (tertiary/aromatic N) is 1. The van der Waals surface area contributed by atoms with Gasteiger partial charge in [-0.15, -0.1) is 11.3 Å². The monoisotopic (exact) mass is 449 g/mol. The maximum absolute atomic E-state index is 12.2. The number of anilines is 2. The summed E-state index contributed by atoms with van der Waals surface area (Å²) in [6.45, 7) is -0.536. The first kappa shape index (κ1) is 20.8. The third-order valence-electron chi connectivity index (χ3n) is 3.50. The molecular weight excluding hydrogens is 437 g/mol. The summed E-state index contributed by atoms with van der Waals surface area (Å²) < 4.78 is 5.00. The summed E-state index contributed by atoms with van der Waals surface area (Å²) >= 11 is 13.0. The van der Waals surface area contributed by atoms with Crippen LogP contribution in [0.25, 0.3) is 0 Å². The lowest BCUT2D eigenvalue weighted by molar-refractivity contribution is -0.119. The van der Waals surface area contributed by atoms with Gasteiger partial charge in [-0.1, -0.05) is 35.3 Å². The van der Waals surface area contributed by atoms with Gasteiger partial charge in [0.15, 0.2) is 12.4 Å². The van der Waals surface area contributed by atoms with Crippen molar-refractivity contribution in [1.82, 2.24) is 4.98 Å². The molecule has 7 nitrogen and oxygen atoms in total. The first-order valence-corrected chi connectivity index (χ1v) is 9.79. The molecule has 3 rings (SSSR count). The number of amides is 2. The largest absolute Gasteiger partial charge is 0.452 e. The molecule has 2 aromatic heterocycles. The lowest BCUT2D eigenvalue weighted by Crippen LogP contribution is -2.21. The van der Waals surface area contributed by atoms with Crippen molar-refractivity contribution in [2.75, 3.05) is 17.2 Å². The van der Waals surface area contributed by atoms with Gasteiger partial charge in [-0.2, -0.15) is 0 Å². The molecule has 0 aliphatic heterocycles. The van der Waals surface area contributed by atoms with Crippen LogP contribution in [0.2, 0.25) is 10.0 Å². The first-order valence-electron chi connectivity index (χ1n) is 8.15. The highest BCUT2D eigenvalue weighted by Crippen LogP contribution is 2.22. The molecule has 0 spiro atoms. The minimum absolute atomic E-state index is 0.107. The lowest BCUT2D eigenvalue weighted by Gasteiger charge is -2.09. The topological polar surface area (TPSA) is 97.4 Å². The van der Waals surface area contributed by atoms with Crippen molar-refractivity contribution in [1.29, 1.82) is 0 Å². The molecule has 10 heteroatoms. The second-order valence-corrected chi connectivity index (χ2v) is 7.41. The van der Waals surface area contributed by atoms with E-state index in [4.69, 9.17) is 27.9 Å². The Bertz CT molecular complexity index is 1060. The van der Waals surface area contributed by atoms with E-state index in [1.54, 1.807) is 29.6 Å². The summed E-state index contributed by atoms with van der Waals surface area (Å²) in [5.41, 5.74) is 0.615. The van der Waals surface area contributed by atoms with E-state index in [2.05, 4.69) is 15.6 Å². The zero-order valence-corrected chi connectivity index (χ0v) is 17.0. The maximum atomic E-state index is 12.2. The van der Waals surface area contributed by atoms with Crippen molar-refractivity contribution in [2.24, 2.45) is 0 Å². The number of thiophene rings is 1. The standard InChI is InChI=1S/C19H13Cl2N3O4S/c20-12-8-14(21)17(22-9-12)24-16(25)10-28-19(27)11-3-1-4-13(7-11)23-18(26)15-5-2-6-29-15/h1-9H,10H2,(H,23,26)(H,22,24,25). The highest BCUT2D eigenvalue weighted by molar-refractivity contribution is 7.12. The van der Waals surface area contributed by atoms with E-state index in [1.165, 1.54) is 35.7 Å². The summed E-state index contributed by atoms with van der Waals surface area (Å²) in [5, 5.41) is 7.40. The maximum Gasteiger partial charge on any atom is 0.338 e. The van der Waals surface area contributed by atoms with E-state index in [0.29, 0.717) is 15.6 Å². The molecule has 3 aromatic rings. The third-order valence-corrected chi connectivity index (χ3v) is 4.86. The van der Waals surface area contributed by atoms with E-state index >= 15 is 0 Å². The second kappa shape index (κ2) is 9.51. The SMILES string of the molecule is O=C(COC(=O)c1cccc(NC(=O)c2cccs2)c1)Nc1ncc(Cl)cc1Cl. The van der Waals surface area contributed by atoms with Crippen molar-refractivity contribution >= 4 is 63.8 Å². The van der Waals surface area contributed by atoms with Gasteiger partial charge < -0.3 is 15.4 Å². The molecule has 2 amide bonds. The highest BCUT2D eigenvalue weighted by Gasteiger charge is 2.14. The predicted molar refractivity (Wildman–Crippen MR) is 112 cm³/mol. The molecule has 2 N–H and O–H groups in total. The summed E-state index contributed by atoms with van der Waals surface area (Å²) in [5.74, 6) is -1.51. The molecule has 0 aliphatic carbocycles. The number of esters is 1. The molecule has 1 aromatic carbocycles. The number of carbonyl (C=O) groups is 3. The lowest BCUT2D eigenvalue weighted by atomic mass is 10.2. The fraction of sp³-hybridized carbons (Fsp3) is 0.0526. The molecule has 29 heavy (non-hydrogen) atoms. The average molecular weight is 450 g/mol. The van der Waals surface area contributed by atoms with Crippen LogP contribution < -0.4 is 10.6 Å². The molecule has 148 valence electrons. The van der Waals surface area contributed by atoms with E-state index in [-0.39, 0.29) is 22.3 Å². The number of benzene rings is 1. The number of hydrogen-bond acceptors (Lipinski definition) is 6. The van der Waals surface area contributed by atoms with Gasteiger partial charge in [0.05, 0.1) is 20.5 Å². The Morgan fingerprint density at radius 2 is 1.90 bits per heavy atom. The average Bonchev–Trinajstić information content (AvgIpc) is 3.23. The second-order valence-electron chi connectivity index (χ2n) is 5.62. The molecule has 0 fully saturated rings. The van der Waals surface area contributed by atoms with Crippen LogP contribution in [0.4, 0.5) is 11.5 Å². The summed E-state index contributed by atoms with van der Waals surface area (Å²) in [4.78, 5) is 40.7. The van der Waals surface area contributed by atoms with Crippen LogP contribution in [-0.4, -0.2) is 29.4 Å². The van der Waals surface area contributed by atoms with Crippen LogP contribution >= 0.6 is 34.5 Å². The molecule has 0 saturated heterocycles. The summed E-state index contributed by atoms with van der Waals surface area (Å²) in [6, 6.07) is 11.1. The minimum atomic E-state index is -0.720. The van der Waals surface area contributed by atoms with Crippen molar-refractivity contribution in [3.8, 4) is 0 Å². The number of hydrogen-bond donors (Lipinski definition) is 2. The van der Waals surface area contributed by atoms with Gasteiger partial charge in [-0.25, -0.2) is 9.78 Å². The number of halogens is 2. The number of nitrogens with one attached hydrogen (secondary N) is 2. The number of rotatable bonds is 6. The Hall–Kier alpha value is -2.94. The molecule has 0 aliphatic rings. The van der Waals surface area contributed by atoms with Gasteiger partial charge in [-0.3, -0.25) is 9.59 Å². The normalized spacial score (nSPS) is 10.3. The number of aromatic nitrogens is 1. The van der Waals surface area contributed by atoms with Crippen LogP contribution in [0.3, 0.4) is 0 Å². The van der Waals surface area contributed by atoms with Gasteiger partial charge in [0.1, 0.15) is 0 Å². The van der Waals surface area contributed by atoms with E-state index in [1.807, 2.05) is 0 Å². The first-order chi connectivity index (χ1) is 13.9. The van der Waals surface area contributed by atoms with Crippen LogP contribution in [0.1, 0.15) is 20.0 Å². The summed E-state index contributed by atoms with van der Waals surface area (Å²) in [6.07, 6.45) is 1.32. The van der Waals surface area contributed by atoms with Crippen molar-refractivity contribution in [3.63, 3.8) is 0 Å².